The first-order chi connectivity index (χ1) is 28.3. The highest BCUT2D eigenvalue weighted by Gasteiger charge is 2.41. The van der Waals surface area contributed by atoms with E-state index in [4.69, 9.17) is 0 Å². The summed E-state index contributed by atoms with van der Waals surface area (Å²) >= 11 is 0. The van der Waals surface area contributed by atoms with Crippen LogP contribution in [0.4, 0.5) is 0 Å². The van der Waals surface area contributed by atoms with Gasteiger partial charge in [0.05, 0.1) is 0 Å². The van der Waals surface area contributed by atoms with Crippen molar-refractivity contribution in [2.24, 2.45) is 0 Å². The Morgan fingerprint density at radius 3 is 1.33 bits per heavy atom. The van der Waals surface area contributed by atoms with E-state index in [0.717, 1.165) is 0 Å². The Labute approximate surface area is 340 Å². The molecule has 58 heavy (non-hydrogen) atoms. The predicted molar refractivity (Wildman–Crippen MR) is 248 cm³/mol. The Morgan fingerprint density at radius 1 is 0.259 bits per heavy atom. The van der Waals surface area contributed by atoms with E-state index >= 15 is 0 Å². The van der Waals surface area contributed by atoms with E-state index in [9.17, 15) is 0 Å². The van der Waals surface area contributed by atoms with Gasteiger partial charge in [-0.15, -0.1) is 0 Å². The van der Waals surface area contributed by atoms with E-state index in [0.29, 0.717) is 0 Å². The summed E-state index contributed by atoms with van der Waals surface area (Å²) in [6, 6.07) is 68.6. The molecule has 10 aromatic carbocycles. The third-order valence-electron chi connectivity index (χ3n) is 13.9. The Hall–Kier alpha value is -6.76. The molecule has 12 rings (SSSR count). The highest BCUT2D eigenvalue weighted by molar-refractivity contribution is 6.25. The van der Waals surface area contributed by atoms with Gasteiger partial charge in [-0.05, 0) is 133 Å². The second kappa shape index (κ2) is 11.9. The van der Waals surface area contributed by atoms with Crippen LogP contribution in [0.5, 0.6) is 0 Å². The maximum absolute atomic E-state index is 2.54. The quantitative estimate of drug-likeness (QED) is 0.158. The molecule has 0 bridgehead atoms. The largest absolute Gasteiger partial charge is 0.0619 e. The third-order valence-corrected chi connectivity index (χ3v) is 13.9. The highest BCUT2D eigenvalue weighted by Crippen LogP contribution is 2.57. The van der Waals surface area contributed by atoms with Crippen LogP contribution in [0.15, 0.2) is 182 Å². The Morgan fingerprint density at radius 2 is 0.672 bits per heavy atom. The fourth-order valence-corrected chi connectivity index (χ4v) is 11.0. The summed E-state index contributed by atoms with van der Waals surface area (Å²) in [5.74, 6) is 0. The molecular formula is C58H42. The standard InChI is InChI=1S/C58H42/c1-57(2)51-27-14-13-21-41(51)49-33-50-42-29-28-36(32-52(42)58(3,4)54(50)34-53(49)57)38-30-31-48(40-20-8-7-19-39(38)40)56-46-24-11-9-22-44(46)55(45-23-10-12-25-47(45)56)43-26-15-17-35-16-5-6-18-37(35)43/h5-34H,1-4H3. The Kier molecular flexibility index (Phi) is 6.84. The normalized spacial score (nSPS) is 14.5. The van der Waals surface area contributed by atoms with Gasteiger partial charge in [0, 0.05) is 10.8 Å². The molecule has 0 aliphatic heterocycles. The number of hydrogen-bond donors (Lipinski definition) is 0. The second-order valence-corrected chi connectivity index (χ2v) is 17.6. The van der Waals surface area contributed by atoms with Crippen LogP contribution in [-0.2, 0) is 10.8 Å². The van der Waals surface area contributed by atoms with E-state index in [-0.39, 0.29) is 10.8 Å². The molecule has 10 aromatic rings. The van der Waals surface area contributed by atoms with Crippen molar-refractivity contribution in [3.63, 3.8) is 0 Å². The molecule has 0 atom stereocenters. The van der Waals surface area contributed by atoms with Gasteiger partial charge in [0.2, 0.25) is 0 Å². The van der Waals surface area contributed by atoms with Crippen molar-refractivity contribution < 1.29 is 0 Å². The van der Waals surface area contributed by atoms with Crippen LogP contribution < -0.4 is 0 Å². The van der Waals surface area contributed by atoms with Crippen molar-refractivity contribution in [2.75, 3.05) is 0 Å². The highest BCUT2D eigenvalue weighted by atomic mass is 14.4. The molecule has 0 unspecified atom stereocenters. The topological polar surface area (TPSA) is 0 Å². The summed E-state index contributed by atoms with van der Waals surface area (Å²) in [6.07, 6.45) is 0. The molecule has 0 N–H and O–H groups in total. The molecule has 0 saturated heterocycles. The molecule has 2 aliphatic carbocycles. The van der Waals surface area contributed by atoms with E-state index in [1.165, 1.54) is 121 Å². The van der Waals surface area contributed by atoms with Gasteiger partial charge in [-0.2, -0.15) is 0 Å². The van der Waals surface area contributed by atoms with Crippen LogP contribution in [-0.4, -0.2) is 0 Å². The van der Waals surface area contributed by atoms with E-state index < -0.39 is 0 Å². The lowest BCUT2D eigenvalue weighted by molar-refractivity contribution is 0.639. The molecule has 0 aromatic heterocycles. The molecule has 0 fully saturated rings. The lowest BCUT2D eigenvalue weighted by atomic mass is 9.77. The molecule has 0 radical (unpaired) electrons. The minimum atomic E-state index is -0.125. The van der Waals surface area contributed by atoms with Crippen molar-refractivity contribution in [1.82, 2.24) is 0 Å². The first kappa shape index (κ1) is 33.4. The average molecular weight is 739 g/mol. The van der Waals surface area contributed by atoms with Crippen LogP contribution in [0.2, 0.25) is 0 Å². The zero-order valence-corrected chi connectivity index (χ0v) is 33.3. The fraction of sp³-hybridized carbons (Fsp3) is 0.103. The average Bonchev–Trinajstić information content (AvgIpc) is 3.63. The number of benzene rings is 10. The van der Waals surface area contributed by atoms with Crippen LogP contribution in [0.3, 0.4) is 0 Å². The first-order valence-electron chi connectivity index (χ1n) is 20.7. The minimum absolute atomic E-state index is 0.0233. The molecule has 0 saturated carbocycles. The van der Waals surface area contributed by atoms with Gasteiger partial charge in [-0.3, -0.25) is 0 Å². The smallest absolute Gasteiger partial charge is 0.0159 e. The fourth-order valence-electron chi connectivity index (χ4n) is 11.0. The number of fused-ring (bicyclic) bond motifs is 10. The zero-order valence-electron chi connectivity index (χ0n) is 33.3. The van der Waals surface area contributed by atoms with Gasteiger partial charge in [-0.25, -0.2) is 0 Å². The van der Waals surface area contributed by atoms with Crippen LogP contribution in [0.1, 0.15) is 49.9 Å². The molecular weight excluding hydrogens is 697 g/mol. The van der Waals surface area contributed by atoms with Crippen molar-refractivity contribution in [3.05, 3.63) is 204 Å². The molecule has 0 heterocycles. The van der Waals surface area contributed by atoms with Crippen molar-refractivity contribution in [2.45, 2.75) is 38.5 Å². The molecule has 0 spiro atoms. The summed E-state index contributed by atoms with van der Waals surface area (Å²) in [6.45, 7) is 9.61. The van der Waals surface area contributed by atoms with Crippen LogP contribution >= 0.6 is 0 Å². The minimum Gasteiger partial charge on any atom is -0.0619 e. The maximum atomic E-state index is 2.54. The number of rotatable bonds is 3. The summed E-state index contributed by atoms with van der Waals surface area (Å²) in [4.78, 5) is 0. The monoisotopic (exact) mass is 738 g/mol. The van der Waals surface area contributed by atoms with Crippen LogP contribution in [0, 0.1) is 0 Å². The van der Waals surface area contributed by atoms with Gasteiger partial charge < -0.3 is 0 Å². The van der Waals surface area contributed by atoms with Crippen molar-refractivity contribution in [3.8, 4) is 55.6 Å². The van der Waals surface area contributed by atoms with E-state index in [2.05, 4.69) is 210 Å². The van der Waals surface area contributed by atoms with E-state index in [1.807, 2.05) is 0 Å². The predicted octanol–water partition coefficient (Wildman–Crippen LogP) is 15.9. The van der Waals surface area contributed by atoms with Crippen molar-refractivity contribution >= 4 is 43.1 Å². The van der Waals surface area contributed by atoms with Gasteiger partial charge in [0.25, 0.3) is 0 Å². The first-order valence-corrected chi connectivity index (χ1v) is 20.7. The summed E-state index contributed by atoms with van der Waals surface area (Å²) in [5.41, 5.74) is 18.7. The summed E-state index contributed by atoms with van der Waals surface area (Å²) < 4.78 is 0. The molecule has 274 valence electrons. The molecule has 0 nitrogen and oxygen atoms in total. The molecule has 0 heteroatoms. The molecule has 0 amide bonds. The molecule has 2 aliphatic rings. The van der Waals surface area contributed by atoms with Gasteiger partial charge in [0.1, 0.15) is 0 Å². The van der Waals surface area contributed by atoms with Crippen molar-refractivity contribution in [1.29, 1.82) is 0 Å². The second-order valence-electron chi connectivity index (χ2n) is 17.6. The Balaban J connectivity index is 1.05. The zero-order chi connectivity index (χ0) is 38.9. The van der Waals surface area contributed by atoms with Gasteiger partial charge >= 0.3 is 0 Å². The summed E-state index contributed by atoms with van der Waals surface area (Å²) in [5, 5.41) is 10.2. The number of hydrogen-bond acceptors (Lipinski definition) is 0. The Bertz CT molecular complexity index is 3330. The third kappa shape index (κ3) is 4.46. The lowest BCUT2D eigenvalue weighted by Gasteiger charge is -2.26. The lowest BCUT2D eigenvalue weighted by Crippen LogP contribution is -2.18. The van der Waals surface area contributed by atoms with Gasteiger partial charge in [-0.1, -0.05) is 198 Å². The van der Waals surface area contributed by atoms with Gasteiger partial charge in [0.15, 0.2) is 0 Å². The van der Waals surface area contributed by atoms with Crippen LogP contribution in [0.25, 0.3) is 98.7 Å². The van der Waals surface area contributed by atoms with E-state index in [1.54, 1.807) is 0 Å². The SMILES string of the molecule is CC1(C)c2ccccc2-c2cc3c(cc21)C(C)(C)c1cc(-c2ccc(-c4c5ccccc5c(-c5cccc6ccccc56)c5ccccc45)c4ccccc24)ccc1-3. The summed E-state index contributed by atoms with van der Waals surface area (Å²) in [7, 11) is 0. The maximum Gasteiger partial charge on any atom is 0.0159 e.